The molecule has 19 heavy (non-hydrogen) atoms. The molecule has 0 unspecified atom stereocenters. The molecule has 0 aliphatic rings. The van der Waals surface area contributed by atoms with Crippen molar-refractivity contribution >= 4 is 93.9 Å². The van der Waals surface area contributed by atoms with E-state index in [0.717, 1.165) is 5.88 Å². The summed E-state index contributed by atoms with van der Waals surface area (Å²) in [5.74, 6) is 0.722. The average molecular weight is 354 g/mol. The maximum atomic E-state index is 5.00. The first-order valence-electron chi connectivity index (χ1n) is 7.39. The van der Waals surface area contributed by atoms with E-state index in [1.165, 1.54) is 95.8 Å². The maximum absolute atomic E-state index is 5.00. The van der Waals surface area contributed by atoms with Gasteiger partial charge in [-0.25, -0.2) is 0 Å². The summed E-state index contributed by atoms with van der Waals surface area (Å²) in [6, 6.07) is 0. The van der Waals surface area contributed by atoms with Gasteiger partial charge in [-0.2, -0.15) is 0 Å². The number of alkyl halides is 1. The molecule has 0 fully saturated rings. The summed E-state index contributed by atoms with van der Waals surface area (Å²) >= 11 is 6.41. The molecule has 0 saturated heterocycles. The zero-order chi connectivity index (χ0) is 12.5. The predicted octanol–water partition coefficient (Wildman–Crippen LogP) is 5.93. The molecule has 0 heterocycles. The van der Waals surface area contributed by atoms with Crippen LogP contribution in [0.15, 0.2) is 0 Å². The van der Waals surface area contributed by atoms with Gasteiger partial charge >= 0.3 is 132 Å². The van der Waals surface area contributed by atoms with Crippen LogP contribution in [0, 0.1) is 0 Å². The number of hydrogen-bond acceptors (Lipinski definition) is 0. The number of unbranched alkanes of at least 4 members (excludes halogenated alkanes) is 9. The van der Waals surface area contributed by atoms with Crippen LogP contribution in [0.1, 0.15) is 78.1 Å². The Labute approximate surface area is 179 Å². The van der Waals surface area contributed by atoms with Gasteiger partial charge in [0.1, 0.15) is 0 Å². The van der Waals surface area contributed by atoms with Gasteiger partial charge < -0.3 is 0 Å². The molecule has 0 aliphatic heterocycles. The second kappa shape index (κ2) is 37.3. The minimum absolute atomic E-state index is 0. The summed E-state index contributed by atoms with van der Waals surface area (Å²) in [7, 11) is 0. The molecular weight excluding hydrogens is 320 g/mol. The summed E-state index contributed by atoms with van der Waals surface area (Å²) in [6.45, 7) is 4.18. The van der Waals surface area contributed by atoms with Gasteiger partial charge in [-0.15, -0.1) is 36.4 Å². The summed E-state index contributed by atoms with van der Waals surface area (Å²) in [5.41, 5.74) is 0. The zero-order valence-corrected chi connectivity index (χ0v) is 17.1. The van der Waals surface area contributed by atoms with Crippen molar-refractivity contribution < 1.29 is 0 Å². The van der Waals surface area contributed by atoms with Gasteiger partial charge in [-0.1, -0.05) is 6.92 Å². The Hall–Kier alpha value is 2.87. The van der Waals surface area contributed by atoms with Crippen LogP contribution in [0.4, 0.5) is 0 Å². The molecule has 0 amide bonds. The molecule has 0 nitrogen and oxygen atoms in total. The van der Waals surface area contributed by atoms with Crippen molar-refractivity contribution in [2.24, 2.45) is 0 Å². The van der Waals surface area contributed by atoms with Gasteiger partial charge in [0.15, 0.2) is 0 Å². The van der Waals surface area contributed by atoms with Gasteiger partial charge in [0.2, 0.25) is 0 Å². The zero-order valence-electron chi connectivity index (χ0n) is 12.7. The normalized spacial score (nSPS) is 8.26. The third-order valence-corrected chi connectivity index (χ3v) is 3.41. The van der Waals surface area contributed by atoms with E-state index < -0.39 is 0 Å². The first-order chi connectivity index (χ1) is 7.83. The van der Waals surface area contributed by atoms with Crippen LogP contribution in [0.5, 0.6) is 0 Å². The van der Waals surface area contributed by atoms with Gasteiger partial charge in [-0.3, -0.25) is 0 Å². The summed E-state index contributed by atoms with van der Waals surface area (Å²) in [5, 5.41) is 0. The summed E-state index contributed by atoms with van der Waals surface area (Å²) in [4.78, 5) is 0. The van der Waals surface area contributed by atoms with E-state index >= 15 is 0 Å². The molecule has 0 aromatic carbocycles. The van der Waals surface area contributed by atoms with Gasteiger partial charge in [0.05, 0.1) is 0 Å². The van der Waals surface area contributed by atoms with Crippen LogP contribution < -0.4 is 0 Å². The van der Waals surface area contributed by atoms with E-state index in [-0.39, 0.29) is 54.4 Å². The first-order valence-corrected chi connectivity index (χ1v) is 9.34. The Balaban J connectivity index is -0.0000000992. The molecule has 5 heteroatoms. The monoisotopic (exact) mass is 352 g/mol. The van der Waals surface area contributed by atoms with Crippen molar-refractivity contribution in [3.05, 3.63) is 0 Å². The van der Waals surface area contributed by atoms with Crippen LogP contribution in [-0.4, -0.2) is 63.4 Å². The molecular formula is C14H33Cl3Na2. The Kier molecular flexibility index (Phi) is 65.6. The molecule has 112 valence electrons. The van der Waals surface area contributed by atoms with Crippen molar-refractivity contribution in [3.63, 3.8) is 0 Å². The van der Waals surface area contributed by atoms with E-state index in [0.29, 0.717) is 0 Å². The van der Waals surface area contributed by atoms with Crippen molar-refractivity contribution in [2.45, 2.75) is 81.7 Å². The Morgan fingerprint density at radius 1 is 0.684 bits per heavy atom. The van der Waals surface area contributed by atoms with Crippen LogP contribution in [0.3, 0.4) is 0 Å². The second-order valence-electron chi connectivity index (χ2n) is 4.45. The standard InChI is InChI=1S/C12H25.C2H5Cl.2ClH.2Na.H/c1-3-5-7-9-11-12-10-8-6-4-2;1-2-3;;;;;/h1,3-12H2,2H3;2H2,1H3;2*1H;;;. The van der Waals surface area contributed by atoms with Crippen LogP contribution in [0.2, 0.25) is 3.67 Å². The molecule has 0 saturated carbocycles. The number of halogens is 3. The molecule has 0 bridgehead atoms. The first kappa shape index (κ1) is 33.5. The van der Waals surface area contributed by atoms with Crippen LogP contribution in [0.25, 0.3) is 0 Å². The molecule has 0 rings (SSSR count). The van der Waals surface area contributed by atoms with E-state index in [1.54, 1.807) is 0 Å². The molecule has 0 spiro atoms. The molecule has 0 aromatic heterocycles. The third kappa shape index (κ3) is 44.9. The van der Waals surface area contributed by atoms with Crippen molar-refractivity contribution in [3.8, 4) is 0 Å². The summed E-state index contributed by atoms with van der Waals surface area (Å²) < 4.78 is 1.51. The molecule has 0 aliphatic carbocycles. The fourth-order valence-electron chi connectivity index (χ4n) is 1.74. The fraction of sp³-hybridized carbons (Fsp3) is 1.00. The minimum atomic E-state index is 0. The van der Waals surface area contributed by atoms with Crippen LogP contribution in [-0.2, 0) is 0 Å². The molecule has 0 aromatic rings. The van der Waals surface area contributed by atoms with Gasteiger partial charge in [0.25, 0.3) is 0 Å². The van der Waals surface area contributed by atoms with E-state index in [4.69, 9.17) is 11.6 Å². The van der Waals surface area contributed by atoms with Gasteiger partial charge in [0, 0.05) is 5.88 Å². The van der Waals surface area contributed by atoms with Crippen LogP contribution >= 0.6 is 36.4 Å². The van der Waals surface area contributed by atoms with Crippen molar-refractivity contribution in [2.75, 3.05) is 5.88 Å². The van der Waals surface area contributed by atoms with Crippen molar-refractivity contribution in [1.82, 2.24) is 0 Å². The summed E-state index contributed by atoms with van der Waals surface area (Å²) in [6.07, 6.45) is 14.7. The fourth-order valence-corrected chi connectivity index (χ4v) is 2.24. The van der Waals surface area contributed by atoms with Gasteiger partial charge in [-0.05, 0) is 0 Å². The predicted molar refractivity (Wildman–Crippen MR) is 100 cm³/mol. The Bertz CT molecular complexity index is 96.7. The van der Waals surface area contributed by atoms with E-state index in [1.807, 2.05) is 6.92 Å². The van der Waals surface area contributed by atoms with Crippen molar-refractivity contribution in [1.29, 1.82) is 0 Å². The number of rotatable bonds is 10. The molecule has 0 N–H and O–H groups in total. The Morgan fingerprint density at radius 2 is 0.947 bits per heavy atom. The molecule has 0 radical (unpaired) electrons. The second-order valence-corrected chi connectivity index (χ2v) is 5.98. The van der Waals surface area contributed by atoms with E-state index in [9.17, 15) is 0 Å². The SMILES string of the molecule is CCCCCCCCCCC[CH2][Na].CCCl.Cl.Cl.[NaH]. The quantitative estimate of drug-likeness (QED) is 0.259. The third-order valence-electron chi connectivity index (χ3n) is 2.71. The average Bonchev–Trinajstić information content (AvgIpc) is 2.28. The van der Waals surface area contributed by atoms with E-state index in [2.05, 4.69) is 6.92 Å². The molecule has 0 atom stereocenters. The topological polar surface area (TPSA) is 0 Å². The number of hydrogen-bond donors (Lipinski definition) is 0. The Morgan fingerprint density at radius 3 is 1.21 bits per heavy atom.